The fraction of sp³-hybridized carbons (Fsp3) is 0.333. The number of aryl methyl sites for hydroxylation is 1. The van der Waals surface area contributed by atoms with Gasteiger partial charge in [0.25, 0.3) is 0 Å². The first-order valence-electron chi connectivity index (χ1n) is 5.21. The molecule has 0 saturated heterocycles. The van der Waals surface area contributed by atoms with Gasteiger partial charge in [-0.05, 0) is 25.6 Å². The first-order valence-corrected chi connectivity index (χ1v) is 5.21. The van der Waals surface area contributed by atoms with Crippen LogP contribution in [0, 0.1) is 18.6 Å². The van der Waals surface area contributed by atoms with Crippen LogP contribution in [0.2, 0.25) is 0 Å². The zero-order valence-corrected chi connectivity index (χ0v) is 9.23. The zero-order valence-electron chi connectivity index (χ0n) is 9.23. The lowest BCUT2D eigenvalue weighted by molar-refractivity contribution is 0.495. The third-order valence-corrected chi connectivity index (χ3v) is 2.61. The van der Waals surface area contributed by atoms with E-state index in [4.69, 9.17) is 4.42 Å². The highest BCUT2D eigenvalue weighted by molar-refractivity contribution is 5.83. The fourth-order valence-corrected chi connectivity index (χ4v) is 1.73. The van der Waals surface area contributed by atoms with Gasteiger partial charge in [-0.1, -0.05) is 6.92 Å². The summed E-state index contributed by atoms with van der Waals surface area (Å²) in [5, 5.41) is 3.31. The van der Waals surface area contributed by atoms with Crippen LogP contribution >= 0.6 is 0 Å². The van der Waals surface area contributed by atoms with E-state index in [1.54, 1.807) is 6.92 Å². The summed E-state index contributed by atoms with van der Waals surface area (Å²) in [6.07, 6.45) is 0. The van der Waals surface area contributed by atoms with Crippen molar-refractivity contribution < 1.29 is 13.2 Å². The molecule has 16 heavy (non-hydrogen) atoms. The van der Waals surface area contributed by atoms with Crippen LogP contribution in [0.25, 0.3) is 11.0 Å². The number of fused-ring (bicyclic) bond motifs is 1. The van der Waals surface area contributed by atoms with Crippen LogP contribution in [0.1, 0.15) is 18.2 Å². The second-order valence-corrected chi connectivity index (χ2v) is 3.66. The van der Waals surface area contributed by atoms with E-state index in [2.05, 4.69) is 5.32 Å². The van der Waals surface area contributed by atoms with Crippen molar-refractivity contribution in [2.75, 3.05) is 6.54 Å². The molecule has 0 unspecified atom stereocenters. The van der Waals surface area contributed by atoms with Crippen molar-refractivity contribution in [1.82, 2.24) is 5.32 Å². The maximum atomic E-state index is 13.5. The molecule has 0 aliphatic heterocycles. The Balaban J connectivity index is 2.58. The van der Waals surface area contributed by atoms with E-state index < -0.39 is 11.6 Å². The molecule has 1 N–H and O–H groups in total. The summed E-state index contributed by atoms with van der Waals surface area (Å²) in [5.74, 6) is -0.386. The van der Waals surface area contributed by atoms with E-state index in [-0.39, 0.29) is 11.0 Å². The molecule has 86 valence electrons. The molecule has 1 aromatic heterocycles. The lowest BCUT2D eigenvalue weighted by atomic mass is 10.1. The largest absolute Gasteiger partial charge is 0.456 e. The summed E-state index contributed by atoms with van der Waals surface area (Å²) in [5.41, 5.74) is 0.665. The number of nitrogens with one attached hydrogen (secondary N) is 1. The molecular formula is C12H13F2NO. The molecule has 0 aliphatic rings. The Morgan fingerprint density at radius 3 is 2.56 bits per heavy atom. The van der Waals surface area contributed by atoms with Crippen LogP contribution < -0.4 is 5.32 Å². The molecule has 0 radical (unpaired) electrons. The van der Waals surface area contributed by atoms with Crippen LogP contribution in [0.5, 0.6) is 0 Å². The topological polar surface area (TPSA) is 25.2 Å². The van der Waals surface area contributed by atoms with Gasteiger partial charge < -0.3 is 9.73 Å². The van der Waals surface area contributed by atoms with Crippen molar-refractivity contribution in [1.29, 1.82) is 0 Å². The molecule has 0 spiro atoms. The van der Waals surface area contributed by atoms with E-state index in [0.717, 1.165) is 18.7 Å². The monoisotopic (exact) mass is 225 g/mol. The third-order valence-electron chi connectivity index (χ3n) is 2.61. The van der Waals surface area contributed by atoms with Crippen molar-refractivity contribution >= 4 is 11.0 Å². The van der Waals surface area contributed by atoms with Gasteiger partial charge in [0.15, 0.2) is 11.4 Å². The SMILES string of the molecule is CCNCc1oc2c(F)ccc(F)c2c1C. The second kappa shape index (κ2) is 4.22. The third kappa shape index (κ3) is 1.69. The second-order valence-electron chi connectivity index (χ2n) is 3.66. The molecule has 0 bridgehead atoms. The Hall–Kier alpha value is -1.42. The summed E-state index contributed by atoms with van der Waals surface area (Å²) >= 11 is 0. The molecule has 0 amide bonds. The van der Waals surface area contributed by atoms with Gasteiger partial charge in [0.2, 0.25) is 0 Å². The van der Waals surface area contributed by atoms with Gasteiger partial charge in [-0.25, -0.2) is 8.78 Å². The maximum absolute atomic E-state index is 13.5. The van der Waals surface area contributed by atoms with E-state index in [0.29, 0.717) is 17.9 Å². The van der Waals surface area contributed by atoms with E-state index >= 15 is 0 Å². The van der Waals surface area contributed by atoms with Gasteiger partial charge in [-0.15, -0.1) is 0 Å². The Morgan fingerprint density at radius 1 is 1.25 bits per heavy atom. The summed E-state index contributed by atoms with van der Waals surface area (Å²) < 4.78 is 32.3. The summed E-state index contributed by atoms with van der Waals surface area (Å²) in [6, 6.07) is 2.20. The van der Waals surface area contributed by atoms with Crippen LogP contribution in [-0.2, 0) is 6.54 Å². The highest BCUT2D eigenvalue weighted by atomic mass is 19.1. The van der Waals surface area contributed by atoms with Gasteiger partial charge in [0.1, 0.15) is 11.6 Å². The summed E-state index contributed by atoms with van der Waals surface area (Å²) in [7, 11) is 0. The number of rotatable bonds is 3. The van der Waals surface area contributed by atoms with Crippen molar-refractivity contribution in [2.24, 2.45) is 0 Å². The van der Waals surface area contributed by atoms with E-state index in [1.165, 1.54) is 0 Å². The minimum absolute atomic E-state index is 0.00500. The molecule has 1 heterocycles. The quantitative estimate of drug-likeness (QED) is 0.868. The molecule has 2 nitrogen and oxygen atoms in total. The molecule has 0 fully saturated rings. The first kappa shape index (κ1) is 11.1. The number of hydrogen-bond donors (Lipinski definition) is 1. The Morgan fingerprint density at radius 2 is 1.94 bits per heavy atom. The lowest BCUT2D eigenvalue weighted by Crippen LogP contribution is -2.11. The minimum atomic E-state index is -0.526. The average Bonchev–Trinajstić information content (AvgIpc) is 2.60. The summed E-state index contributed by atoms with van der Waals surface area (Å²) in [4.78, 5) is 0. The first-order chi connectivity index (χ1) is 7.65. The van der Waals surface area contributed by atoms with Crippen LogP contribution in [0.15, 0.2) is 16.5 Å². The van der Waals surface area contributed by atoms with Gasteiger partial charge in [0.05, 0.1) is 11.9 Å². The highest BCUT2D eigenvalue weighted by Crippen LogP contribution is 2.29. The Bertz CT molecular complexity index is 519. The normalized spacial score (nSPS) is 11.2. The molecule has 0 aliphatic carbocycles. The average molecular weight is 225 g/mol. The van der Waals surface area contributed by atoms with Gasteiger partial charge in [-0.2, -0.15) is 0 Å². The van der Waals surface area contributed by atoms with Gasteiger partial charge in [0, 0.05) is 5.56 Å². The van der Waals surface area contributed by atoms with Crippen LogP contribution in [-0.4, -0.2) is 6.54 Å². The molecule has 2 rings (SSSR count). The number of furan rings is 1. The smallest absolute Gasteiger partial charge is 0.173 e. The van der Waals surface area contributed by atoms with Crippen molar-refractivity contribution in [3.63, 3.8) is 0 Å². The standard InChI is InChI=1S/C12H13F2NO/c1-3-15-6-10-7(2)11-8(13)4-5-9(14)12(11)16-10/h4-5,15H,3,6H2,1-2H3. The number of halogens is 2. The highest BCUT2D eigenvalue weighted by Gasteiger charge is 2.16. The molecule has 0 saturated carbocycles. The number of hydrogen-bond acceptors (Lipinski definition) is 2. The molecule has 1 aromatic carbocycles. The minimum Gasteiger partial charge on any atom is -0.456 e. The lowest BCUT2D eigenvalue weighted by Gasteiger charge is -1.98. The van der Waals surface area contributed by atoms with Crippen LogP contribution in [0.4, 0.5) is 8.78 Å². The Labute approximate surface area is 92.2 Å². The van der Waals surface area contributed by atoms with Crippen molar-refractivity contribution in [3.8, 4) is 0 Å². The number of benzene rings is 1. The predicted molar refractivity (Wildman–Crippen MR) is 58.2 cm³/mol. The maximum Gasteiger partial charge on any atom is 0.173 e. The zero-order chi connectivity index (χ0) is 11.7. The molecular weight excluding hydrogens is 212 g/mol. The molecule has 0 atom stereocenters. The Kier molecular flexibility index (Phi) is 2.92. The van der Waals surface area contributed by atoms with Gasteiger partial charge >= 0.3 is 0 Å². The van der Waals surface area contributed by atoms with Gasteiger partial charge in [-0.3, -0.25) is 0 Å². The van der Waals surface area contributed by atoms with Crippen molar-refractivity contribution in [2.45, 2.75) is 20.4 Å². The van der Waals surface area contributed by atoms with E-state index in [9.17, 15) is 8.78 Å². The van der Waals surface area contributed by atoms with E-state index in [1.807, 2.05) is 6.92 Å². The molecule has 2 aromatic rings. The summed E-state index contributed by atoms with van der Waals surface area (Å²) in [6.45, 7) is 4.96. The fourth-order valence-electron chi connectivity index (χ4n) is 1.73. The van der Waals surface area contributed by atoms with Crippen LogP contribution in [0.3, 0.4) is 0 Å². The van der Waals surface area contributed by atoms with Crippen molar-refractivity contribution in [3.05, 3.63) is 35.1 Å². The molecule has 4 heteroatoms. The predicted octanol–water partition coefficient (Wildman–Crippen LogP) is 3.13.